The number of carbonyl (C=O) groups excluding carboxylic acids is 1. The van der Waals surface area contributed by atoms with E-state index in [0.29, 0.717) is 23.7 Å². The lowest BCUT2D eigenvalue weighted by atomic mass is 10.1. The van der Waals surface area contributed by atoms with Crippen molar-refractivity contribution in [3.63, 3.8) is 0 Å². The molecule has 2 aromatic carbocycles. The molecule has 0 spiro atoms. The van der Waals surface area contributed by atoms with Gasteiger partial charge in [-0.2, -0.15) is 4.98 Å². The zero-order chi connectivity index (χ0) is 16.9. The predicted octanol–water partition coefficient (Wildman–Crippen LogP) is 3.29. The fourth-order valence-electron chi connectivity index (χ4n) is 2.23. The van der Waals surface area contributed by atoms with Gasteiger partial charge < -0.3 is 9.84 Å². The van der Waals surface area contributed by atoms with Crippen molar-refractivity contribution in [3.8, 4) is 0 Å². The topological polar surface area (TPSA) is 68.0 Å². The molecule has 0 saturated carbocycles. The van der Waals surface area contributed by atoms with E-state index in [0.717, 1.165) is 5.56 Å². The molecule has 5 nitrogen and oxygen atoms in total. The average molecular weight is 325 g/mol. The molecule has 0 saturated heterocycles. The van der Waals surface area contributed by atoms with Crippen LogP contribution in [0.5, 0.6) is 0 Å². The highest BCUT2D eigenvalue weighted by atomic mass is 19.1. The van der Waals surface area contributed by atoms with Gasteiger partial charge >= 0.3 is 0 Å². The third-order valence-electron chi connectivity index (χ3n) is 3.52. The van der Waals surface area contributed by atoms with E-state index >= 15 is 0 Å². The van der Waals surface area contributed by atoms with E-state index in [-0.39, 0.29) is 11.7 Å². The second-order valence-corrected chi connectivity index (χ2v) is 5.41. The molecule has 0 bridgehead atoms. The van der Waals surface area contributed by atoms with Gasteiger partial charge in [0, 0.05) is 5.56 Å². The largest absolute Gasteiger partial charge is 0.342 e. The molecule has 1 aromatic heterocycles. The first-order valence-electron chi connectivity index (χ1n) is 7.54. The predicted molar refractivity (Wildman–Crippen MR) is 85.8 cm³/mol. The number of amides is 1. The number of nitrogens with one attached hydrogen (secondary N) is 1. The van der Waals surface area contributed by atoms with Gasteiger partial charge in [-0.3, -0.25) is 4.79 Å². The summed E-state index contributed by atoms with van der Waals surface area (Å²) in [4.78, 5) is 16.4. The molecule has 0 aliphatic rings. The smallest absolute Gasteiger partial charge is 0.251 e. The molecule has 1 heterocycles. The Hall–Kier alpha value is -3.02. The van der Waals surface area contributed by atoms with Gasteiger partial charge in [-0.05, 0) is 36.8 Å². The van der Waals surface area contributed by atoms with Crippen LogP contribution in [0.3, 0.4) is 0 Å². The van der Waals surface area contributed by atoms with Crippen LogP contribution in [0, 0.1) is 5.82 Å². The minimum absolute atomic E-state index is 0.322. The summed E-state index contributed by atoms with van der Waals surface area (Å²) in [5.74, 6) is 0.177. The Morgan fingerprint density at radius 2 is 1.88 bits per heavy atom. The standard InChI is InChI=1S/C18H16FN3O2/c1-12(20-18(23)14-7-9-15(19)10-8-14)17-21-16(24-22-17)11-13-5-3-2-4-6-13/h2-10,12H,11H2,1H3,(H,20,23)/t12-/m0/s1. The molecule has 0 aliphatic heterocycles. The van der Waals surface area contributed by atoms with E-state index in [4.69, 9.17) is 4.52 Å². The normalized spacial score (nSPS) is 11.9. The highest BCUT2D eigenvalue weighted by Crippen LogP contribution is 2.13. The maximum absolute atomic E-state index is 12.9. The third-order valence-corrected chi connectivity index (χ3v) is 3.52. The molecular formula is C18H16FN3O2. The van der Waals surface area contributed by atoms with E-state index in [1.807, 2.05) is 30.3 Å². The van der Waals surface area contributed by atoms with Crippen molar-refractivity contribution in [2.45, 2.75) is 19.4 Å². The lowest BCUT2D eigenvalue weighted by Gasteiger charge is -2.09. The number of hydrogen-bond acceptors (Lipinski definition) is 4. The zero-order valence-electron chi connectivity index (χ0n) is 13.1. The van der Waals surface area contributed by atoms with Gasteiger partial charge in [-0.1, -0.05) is 35.5 Å². The first-order chi connectivity index (χ1) is 11.6. The van der Waals surface area contributed by atoms with Crippen molar-refractivity contribution < 1.29 is 13.7 Å². The fourth-order valence-corrected chi connectivity index (χ4v) is 2.23. The summed E-state index contributed by atoms with van der Waals surface area (Å²) in [6, 6.07) is 14.7. The summed E-state index contributed by atoms with van der Waals surface area (Å²) in [5, 5.41) is 6.68. The van der Waals surface area contributed by atoms with E-state index in [2.05, 4.69) is 15.5 Å². The van der Waals surface area contributed by atoms with Crippen molar-refractivity contribution >= 4 is 5.91 Å². The quantitative estimate of drug-likeness (QED) is 0.781. The maximum atomic E-state index is 12.9. The number of benzene rings is 2. The fraction of sp³-hybridized carbons (Fsp3) is 0.167. The second-order valence-electron chi connectivity index (χ2n) is 5.41. The minimum atomic E-state index is -0.421. The van der Waals surface area contributed by atoms with E-state index < -0.39 is 6.04 Å². The van der Waals surface area contributed by atoms with Gasteiger partial charge in [0.2, 0.25) is 5.89 Å². The van der Waals surface area contributed by atoms with E-state index in [9.17, 15) is 9.18 Å². The summed E-state index contributed by atoms with van der Waals surface area (Å²) in [5.41, 5.74) is 1.44. The SMILES string of the molecule is C[C@H](NC(=O)c1ccc(F)cc1)c1noc(Cc2ccccc2)n1. The van der Waals surface area contributed by atoms with Gasteiger partial charge in [0.1, 0.15) is 5.82 Å². The summed E-state index contributed by atoms with van der Waals surface area (Å²) in [7, 11) is 0. The molecule has 0 radical (unpaired) electrons. The maximum Gasteiger partial charge on any atom is 0.251 e. The Bertz CT molecular complexity index is 816. The van der Waals surface area contributed by atoms with Crippen LogP contribution in [-0.2, 0) is 6.42 Å². The Balaban J connectivity index is 1.64. The Morgan fingerprint density at radius 1 is 1.17 bits per heavy atom. The molecule has 0 fully saturated rings. The first kappa shape index (κ1) is 15.9. The summed E-state index contributed by atoms with van der Waals surface area (Å²) < 4.78 is 18.1. The lowest BCUT2D eigenvalue weighted by Crippen LogP contribution is -2.27. The van der Waals surface area contributed by atoms with Crippen molar-refractivity contribution in [1.29, 1.82) is 0 Å². The Morgan fingerprint density at radius 3 is 2.58 bits per heavy atom. The van der Waals surface area contributed by atoms with Crippen LogP contribution in [0.1, 0.15) is 40.6 Å². The number of halogens is 1. The number of nitrogens with zero attached hydrogens (tertiary/aromatic N) is 2. The summed E-state index contributed by atoms with van der Waals surface area (Å²) in [6.07, 6.45) is 0.534. The van der Waals surface area contributed by atoms with Gasteiger partial charge in [0.05, 0.1) is 12.5 Å². The van der Waals surface area contributed by atoms with E-state index in [1.54, 1.807) is 6.92 Å². The number of rotatable bonds is 5. The number of aromatic nitrogens is 2. The summed E-state index contributed by atoms with van der Waals surface area (Å²) in [6.45, 7) is 1.76. The van der Waals surface area contributed by atoms with Gasteiger partial charge in [-0.25, -0.2) is 4.39 Å². The number of hydrogen-bond donors (Lipinski definition) is 1. The second kappa shape index (κ2) is 7.04. The van der Waals surface area contributed by atoms with Crippen LogP contribution in [0.15, 0.2) is 59.1 Å². The minimum Gasteiger partial charge on any atom is -0.342 e. The molecule has 1 N–H and O–H groups in total. The Kier molecular flexibility index (Phi) is 4.65. The molecule has 1 atom stereocenters. The number of carbonyl (C=O) groups is 1. The van der Waals surface area contributed by atoms with Crippen LogP contribution in [0.2, 0.25) is 0 Å². The molecule has 122 valence electrons. The molecular weight excluding hydrogens is 309 g/mol. The van der Waals surface area contributed by atoms with Gasteiger partial charge in [-0.15, -0.1) is 0 Å². The van der Waals surface area contributed by atoms with Gasteiger partial charge in [0.15, 0.2) is 5.82 Å². The van der Waals surface area contributed by atoms with Crippen LogP contribution < -0.4 is 5.32 Å². The first-order valence-corrected chi connectivity index (χ1v) is 7.54. The summed E-state index contributed by atoms with van der Waals surface area (Å²) >= 11 is 0. The highest BCUT2D eigenvalue weighted by Gasteiger charge is 2.17. The third kappa shape index (κ3) is 3.84. The van der Waals surface area contributed by atoms with Crippen molar-refractivity contribution in [2.75, 3.05) is 0 Å². The molecule has 0 unspecified atom stereocenters. The van der Waals surface area contributed by atoms with Crippen LogP contribution in [0.4, 0.5) is 4.39 Å². The molecule has 24 heavy (non-hydrogen) atoms. The van der Waals surface area contributed by atoms with Crippen LogP contribution >= 0.6 is 0 Å². The molecule has 6 heteroatoms. The Labute approximate surface area is 138 Å². The zero-order valence-corrected chi connectivity index (χ0v) is 13.1. The highest BCUT2D eigenvalue weighted by molar-refractivity contribution is 5.94. The van der Waals surface area contributed by atoms with Gasteiger partial charge in [0.25, 0.3) is 5.91 Å². The molecule has 3 rings (SSSR count). The lowest BCUT2D eigenvalue weighted by molar-refractivity contribution is 0.0938. The van der Waals surface area contributed by atoms with Crippen LogP contribution in [-0.4, -0.2) is 16.0 Å². The van der Waals surface area contributed by atoms with Crippen molar-refractivity contribution in [1.82, 2.24) is 15.5 Å². The van der Waals surface area contributed by atoms with Crippen molar-refractivity contribution in [2.24, 2.45) is 0 Å². The average Bonchev–Trinajstić information content (AvgIpc) is 3.05. The van der Waals surface area contributed by atoms with Crippen molar-refractivity contribution in [3.05, 3.63) is 83.3 Å². The molecule has 1 amide bonds. The van der Waals surface area contributed by atoms with E-state index in [1.165, 1.54) is 24.3 Å². The molecule has 3 aromatic rings. The van der Waals surface area contributed by atoms with Crippen LogP contribution in [0.25, 0.3) is 0 Å². The molecule has 0 aliphatic carbocycles. The monoisotopic (exact) mass is 325 g/mol.